The largest absolute Gasteiger partial charge is 0.391 e. The first-order chi connectivity index (χ1) is 9.80. The van der Waals surface area contributed by atoms with Crippen LogP contribution in [-0.2, 0) is 0 Å². The molecule has 1 saturated carbocycles. The lowest BCUT2D eigenvalue weighted by molar-refractivity contribution is -0.184. The number of hydrogen-bond acceptors (Lipinski definition) is 2. The molecule has 1 aromatic carbocycles. The second-order valence-corrected chi connectivity index (χ2v) is 5.75. The van der Waals surface area contributed by atoms with Gasteiger partial charge < -0.3 is 10.6 Å². The number of halogens is 4. The second-order valence-electron chi connectivity index (χ2n) is 5.75. The van der Waals surface area contributed by atoms with Crippen LogP contribution in [0.3, 0.4) is 0 Å². The van der Waals surface area contributed by atoms with Gasteiger partial charge in [-0.15, -0.1) is 0 Å². The Balaban J connectivity index is 2.19. The normalized spacial score (nSPS) is 26.7. The maximum absolute atomic E-state index is 13.9. The van der Waals surface area contributed by atoms with Crippen molar-refractivity contribution in [2.24, 2.45) is 11.7 Å². The van der Waals surface area contributed by atoms with Gasteiger partial charge in [-0.3, -0.25) is 0 Å². The first-order valence-electron chi connectivity index (χ1n) is 7.05. The number of rotatable bonds is 3. The van der Waals surface area contributed by atoms with Crippen LogP contribution in [0, 0.1) is 11.7 Å². The van der Waals surface area contributed by atoms with E-state index >= 15 is 0 Å². The average molecular weight is 304 g/mol. The minimum atomic E-state index is -4.16. The molecule has 118 valence electrons. The Morgan fingerprint density at radius 2 is 1.81 bits per heavy atom. The van der Waals surface area contributed by atoms with E-state index in [1.54, 1.807) is 30.1 Å². The summed E-state index contributed by atoms with van der Waals surface area (Å²) in [5.41, 5.74) is 5.61. The molecule has 0 spiro atoms. The number of alkyl halides is 3. The van der Waals surface area contributed by atoms with Crippen molar-refractivity contribution < 1.29 is 17.6 Å². The van der Waals surface area contributed by atoms with E-state index in [-0.39, 0.29) is 25.2 Å². The van der Waals surface area contributed by atoms with Crippen molar-refractivity contribution in [1.29, 1.82) is 0 Å². The topological polar surface area (TPSA) is 29.3 Å². The summed E-state index contributed by atoms with van der Waals surface area (Å²) in [6, 6.07) is 6.27. The first kappa shape index (κ1) is 16.1. The first-order valence-corrected chi connectivity index (χ1v) is 7.05. The van der Waals surface area contributed by atoms with Gasteiger partial charge in [0.25, 0.3) is 0 Å². The summed E-state index contributed by atoms with van der Waals surface area (Å²) in [5, 5.41) is 0. The van der Waals surface area contributed by atoms with Crippen LogP contribution in [0.5, 0.6) is 0 Å². The van der Waals surface area contributed by atoms with Gasteiger partial charge in [0.15, 0.2) is 0 Å². The fourth-order valence-corrected chi connectivity index (χ4v) is 3.14. The van der Waals surface area contributed by atoms with Crippen molar-refractivity contribution in [1.82, 2.24) is 0 Å². The molecule has 0 aliphatic heterocycles. The van der Waals surface area contributed by atoms with Gasteiger partial charge in [-0.1, -0.05) is 12.1 Å². The highest BCUT2D eigenvalue weighted by Gasteiger charge is 2.47. The summed E-state index contributed by atoms with van der Waals surface area (Å²) in [5.74, 6) is -1.66. The molecule has 0 heterocycles. The van der Waals surface area contributed by atoms with Gasteiger partial charge >= 0.3 is 6.18 Å². The Kier molecular flexibility index (Phi) is 4.46. The van der Waals surface area contributed by atoms with Gasteiger partial charge in [-0.05, 0) is 37.8 Å². The molecule has 1 aromatic rings. The molecule has 0 atom stereocenters. The van der Waals surface area contributed by atoms with Gasteiger partial charge in [0.05, 0.1) is 17.1 Å². The van der Waals surface area contributed by atoms with Crippen LogP contribution in [0.15, 0.2) is 24.3 Å². The monoisotopic (exact) mass is 304 g/mol. The van der Waals surface area contributed by atoms with E-state index in [9.17, 15) is 17.6 Å². The zero-order chi connectivity index (χ0) is 15.7. The maximum Gasteiger partial charge on any atom is 0.391 e. The summed E-state index contributed by atoms with van der Waals surface area (Å²) < 4.78 is 52.2. The van der Waals surface area contributed by atoms with Crippen molar-refractivity contribution in [3.05, 3.63) is 30.1 Å². The fraction of sp³-hybridized carbons (Fsp3) is 0.600. The minimum Gasteiger partial charge on any atom is -0.365 e. The van der Waals surface area contributed by atoms with E-state index in [0.717, 1.165) is 0 Å². The van der Waals surface area contributed by atoms with Crippen LogP contribution in [0.25, 0.3) is 0 Å². The molecule has 0 unspecified atom stereocenters. The summed E-state index contributed by atoms with van der Waals surface area (Å²) in [4.78, 5) is 1.72. The lowest BCUT2D eigenvalue weighted by atomic mass is 9.75. The number of para-hydroxylation sites is 1. The molecule has 1 aliphatic rings. The van der Waals surface area contributed by atoms with Crippen molar-refractivity contribution >= 4 is 5.69 Å². The highest BCUT2D eigenvalue weighted by Crippen LogP contribution is 2.44. The quantitative estimate of drug-likeness (QED) is 0.863. The lowest BCUT2D eigenvalue weighted by Crippen LogP contribution is -2.55. The third-order valence-electron chi connectivity index (χ3n) is 4.68. The summed E-state index contributed by atoms with van der Waals surface area (Å²) in [7, 11) is 1.71. The lowest BCUT2D eigenvalue weighted by Gasteiger charge is -2.47. The van der Waals surface area contributed by atoms with Crippen molar-refractivity contribution in [3.63, 3.8) is 0 Å². The fourth-order valence-electron chi connectivity index (χ4n) is 3.14. The van der Waals surface area contributed by atoms with Crippen LogP contribution >= 0.6 is 0 Å². The highest BCUT2D eigenvalue weighted by molar-refractivity contribution is 5.50. The van der Waals surface area contributed by atoms with E-state index in [1.807, 2.05) is 0 Å². The molecule has 0 saturated heterocycles. The Hall–Kier alpha value is -1.30. The molecular formula is C15H20F4N2. The Morgan fingerprint density at radius 3 is 2.29 bits per heavy atom. The second kappa shape index (κ2) is 5.83. The van der Waals surface area contributed by atoms with Crippen LogP contribution < -0.4 is 10.6 Å². The third-order valence-corrected chi connectivity index (χ3v) is 4.68. The van der Waals surface area contributed by atoms with Gasteiger partial charge in [-0.25, -0.2) is 4.39 Å². The summed E-state index contributed by atoms with van der Waals surface area (Å²) in [6.45, 7) is 0.211. The zero-order valence-electron chi connectivity index (χ0n) is 12.0. The van der Waals surface area contributed by atoms with Crippen LogP contribution in [-0.4, -0.2) is 25.3 Å². The molecule has 2 rings (SSSR count). The number of anilines is 1. The van der Waals surface area contributed by atoms with Gasteiger partial charge in [0, 0.05) is 13.6 Å². The molecule has 0 aromatic heterocycles. The zero-order valence-corrected chi connectivity index (χ0v) is 12.0. The Morgan fingerprint density at radius 1 is 1.24 bits per heavy atom. The van der Waals surface area contributed by atoms with Crippen LogP contribution in [0.1, 0.15) is 25.7 Å². The number of benzene rings is 1. The predicted octanol–water partition coefficient (Wildman–Crippen LogP) is 3.71. The number of nitrogens with zero attached hydrogens (tertiary/aromatic N) is 1. The van der Waals surface area contributed by atoms with E-state index in [2.05, 4.69) is 0 Å². The summed E-state index contributed by atoms with van der Waals surface area (Å²) >= 11 is 0. The van der Waals surface area contributed by atoms with Gasteiger partial charge in [0.1, 0.15) is 5.82 Å². The van der Waals surface area contributed by atoms with Gasteiger partial charge in [-0.2, -0.15) is 13.2 Å². The third kappa shape index (κ3) is 3.15. The molecule has 6 heteroatoms. The standard InChI is InChI=1S/C15H20F4N2/c1-21(13-5-3-2-4-12(13)16)14(10-20)8-6-11(7-9-14)15(17,18)19/h2-5,11H,6-10,20H2,1H3. The van der Waals surface area contributed by atoms with E-state index in [1.165, 1.54) is 6.07 Å². The van der Waals surface area contributed by atoms with Crippen molar-refractivity contribution in [3.8, 4) is 0 Å². The van der Waals surface area contributed by atoms with Gasteiger partial charge in [0.2, 0.25) is 0 Å². The smallest absolute Gasteiger partial charge is 0.365 e. The Labute approximate surface area is 121 Å². The van der Waals surface area contributed by atoms with Crippen molar-refractivity contribution in [2.45, 2.75) is 37.4 Å². The molecule has 0 radical (unpaired) electrons. The van der Waals surface area contributed by atoms with Crippen LogP contribution in [0.2, 0.25) is 0 Å². The molecule has 0 bridgehead atoms. The number of likely N-dealkylation sites (N-methyl/N-ethyl adjacent to an activating group) is 1. The molecular weight excluding hydrogens is 284 g/mol. The number of nitrogens with two attached hydrogens (primary N) is 1. The number of hydrogen-bond donors (Lipinski definition) is 1. The predicted molar refractivity (Wildman–Crippen MR) is 74.6 cm³/mol. The van der Waals surface area contributed by atoms with Crippen molar-refractivity contribution in [2.75, 3.05) is 18.5 Å². The highest BCUT2D eigenvalue weighted by atomic mass is 19.4. The molecule has 21 heavy (non-hydrogen) atoms. The molecule has 2 N–H and O–H groups in total. The average Bonchev–Trinajstić information content (AvgIpc) is 2.46. The molecule has 0 amide bonds. The SMILES string of the molecule is CN(c1ccccc1F)C1(CN)CCC(C(F)(F)F)CC1. The molecule has 1 aliphatic carbocycles. The van der Waals surface area contributed by atoms with E-state index in [0.29, 0.717) is 18.5 Å². The minimum absolute atomic E-state index is 0.0412. The van der Waals surface area contributed by atoms with E-state index in [4.69, 9.17) is 5.73 Å². The Bertz CT molecular complexity index is 479. The summed E-state index contributed by atoms with van der Waals surface area (Å²) in [6.07, 6.45) is -3.44. The maximum atomic E-state index is 13.9. The molecule has 2 nitrogen and oxygen atoms in total. The molecule has 1 fully saturated rings. The van der Waals surface area contributed by atoms with E-state index < -0.39 is 17.6 Å². The van der Waals surface area contributed by atoms with Crippen LogP contribution in [0.4, 0.5) is 23.2 Å².